The molecule has 52 heavy (non-hydrogen) atoms. The zero-order valence-electron chi connectivity index (χ0n) is 28.0. The Kier molecular flexibility index (Phi) is 6.18. The lowest BCUT2D eigenvalue weighted by Gasteiger charge is -2.12. The highest BCUT2D eigenvalue weighted by Crippen LogP contribution is 2.38. The van der Waals surface area contributed by atoms with Crippen LogP contribution in [-0.2, 0) is 0 Å². The molecule has 5 nitrogen and oxygen atoms in total. The molecule has 0 saturated heterocycles. The molecular weight excluding hydrogens is 635 g/mol. The van der Waals surface area contributed by atoms with E-state index in [-0.39, 0.29) is 0 Å². The minimum atomic E-state index is 0.590. The fourth-order valence-corrected chi connectivity index (χ4v) is 7.89. The van der Waals surface area contributed by atoms with Crippen LogP contribution in [0, 0.1) is 0 Å². The highest BCUT2D eigenvalue weighted by molar-refractivity contribution is 6.15. The molecule has 0 aliphatic heterocycles. The molecule has 0 amide bonds. The SMILES string of the molecule is c1ccc(-c2nc(-c3ccccc3)nc(-n3c4ccccc4c4cc5cc(-n6c7ccccc7c7cc8ccccc8cc76)ccc5cc43)n2)cc1. The van der Waals surface area contributed by atoms with E-state index < -0.39 is 0 Å². The second kappa shape index (κ2) is 11.2. The second-order valence-electron chi connectivity index (χ2n) is 13.3. The third-order valence-corrected chi connectivity index (χ3v) is 10.3. The third kappa shape index (κ3) is 4.39. The normalized spacial score (nSPS) is 11.8. The molecule has 3 aromatic heterocycles. The van der Waals surface area contributed by atoms with E-state index in [0.717, 1.165) is 44.0 Å². The van der Waals surface area contributed by atoms with Gasteiger partial charge in [-0.1, -0.05) is 127 Å². The predicted octanol–water partition coefficient (Wildman–Crippen LogP) is 11.7. The minimum Gasteiger partial charge on any atom is -0.309 e. The zero-order chi connectivity index (χ0) is 34.2. The van der Waals surface area contributed by atoms with Gasteiger partial charge in [0, 0.05) is 38.4 Å². The van der Waals surface area contributed by atoms with Crippen molar-refractivity contribution >= 4 is 65.2 Å². The largest absolute Gasteiger partial charge is 0.309 e. The van der Waals surface area contributed by atoms with Crippen molar-refractivity contribution in [3.63, 3.8) is 0 Å². The van der Waals surface area contributed by atoms with Gasteiger partial charge in [-0.05, 0) is 70.1 Å². The Morgan fingerprint density at radius 2 is 0.788 bits per heavy atom. The molecule has 0 radical (unpaired) electrons. The number of rotatable bonds is 4. The van der Waals surface area contributed by atoms with Crippen LogP contribution in [0.15, 0.2) is 176 Å². The van der Waals surface area contributed by atoms with Crippen LogP contribution in [0.4, 0.5) is 0 Å². The van der Waals surface area contributed by atoms with E-state index in [0.29, 0.717) is 17.6 Å². The van der Waals surface area contributed by atoms with Gasteiger partial charge in [0.15, 0.2) is 11.6 Å². The molecule has 11 aromatic rings. The average Bonchev–Trinajstić information content (AvgIpc) is 3.71. The summed E-state index contributed by atoms with van der Waals surface area (Å²) in [4.78, 5) is 15.2. The topological polar surface area (TPSA) is 48.5 Å². The van der Waals surface area contributed by atoms with Gasteiger partial charge >= 0.3 is 0 Å². The van der Waals surface area contributed by atoms with Gasteiger partial charge in [0.1, 0.15) is 0 Å². The summed E-state index contributed by atoms with van der Waals surface area (Å²) in [7, 11) is 0. The van der Waals surface area contributed by atoms with E-state index in [1.54, 1.807) is 0 Å². The maximum atomic E-state index is 5.12. The summed E-state index contributed by atoms with van der Waals surface area (Å²) in [5.41, 5.74) is 7.52. The van der Waals surface area contributed by atoms with Crippen molar-refractivity contribution in [1.82, 2.24) is 24.1 Å². The Hall–Kier alpha value is -7.11. The highest BCUT2D eigenvalue weighted by atomic mass is 15.2. The van der Waals surface area contributed by atoms with Crippen LogP contribution >= 0.6 is 0 Å². The van der Waals surface area contributed by atoms with Gasteiger partial charge < -0.3 is 4.57 Å². The van der Waals surface area contributed by atoms with Gasteiger partial charge in [0.25, 0.3) is 0 Å². The molecule has 0 fully saturated rings. The number of fused-ring (bicyclic) bond motifs is 8. The molecule has 8 aromatic carbocycles. The minimum absolute atomic E-state index is 0.590. The van der Waals surface area contributed by atoms with E-state index in [9.17, 15) is 0 Å². The van der Waals surface area contributed by atoms with Crippen molar-refractivity contribution in [3.8, 4) is 34.4 Å². The second-order valence-corrected chi connectivity index (χ2v) is 13.3. The lowest BCUT2D eigenvalue weighted by molar-refractivity contribution is 0.954. The molecular formula is C47H29N5. The summed E-state index contributed by atoms with van der Waals surface area (Å²) in [6, 6.07) is 62.2. The van der Waals surface area contributed by atoms with Gasteiger partial charge in [-0.2, -0.15) is 9.97 Å². The molecule has 242 valence electrons. The van der Waals surface area contributed by atoms with E-state index in [1.165, 1.54) is 38.0 Å². The van der Waals surface area contributed by atoms with Crippen LogP contribution in [0.2, 0.25) is 0 Å². The first-order valence-electron chi connectivity index (χ1n) is 17.5. The molecule has 0 bridgehead atoms. The van der Waals surface area contributed by atoms with Crippen LogP contribution in [0.3, 0.4) is 0 Å². The summed E-state index contributed by atoms with van der Waals surface area (Å²) < 4.78 is 4.60. The third-order valence-electron chi connectivity index (χ3n) is 10.3. The zero-order valence-corrected chi connectivity index (χ0v) is 28.0. The monoisotopic (exact) mass is 663 g/mol. The first-order valence-corrected chi connectivity index (χ1v) is 17.5. The summed E-state index contributed by atoms with van der Waals surface area (Å²) in [5, 5.41) is 9.61. The fraction of sp³-hybridized carbons (Fsp3) is 0. The van der Waals surface area contributed by atoms with Gasteiger partial charge in [0.05, 0.1) is 22.1 Å². The summed E-state index contributed by atoms with van der Waals surface area (Å²) in [6.07, 6.45) is 0. The predicted molar refractivity (Wildman–Crippen MR) is 214 cm³/mol. The van der Waals surface area contributed by atoms with Crippen molar-refractivity contribution in [2.24, 2.45) is 0 Å². The molecule has 0 N–H and O–H groups in total. The molecule has 0 atom stereocenters. The fourth-order valence-electron chi connectivity index (χ4n) is 7.89. The smallest absolute Gasteiger partial charge is 0.238 e. The number of hydrogen-bond donors (Lipinski definition) is 0. The van der Waals surface area contributed by atoms with Crippen LogP contribution in [0.1, 0.15) is 0 Å². The Morgan fingerprint density at radius 1 is 0.308 bits per heavy atom. The van der Waals surface area contributed by atoms with Gasteiger partial charge in [-0.15, -0.1) is 0 Å². The van der Waals surface area contributed by atoms with Gasteiger partial charge in [-0.25, -0.2) is 4.98 Å². The van der Waals surface area contributed by atoms with Crippen molar-refractivity contribution in [2.75, 3.05) is 0 Å². The molecule has 0 saturated carbocycles. The molecule has 0 aliphatic carbocycles. The number of hydrogen-bond acceptors (Lipinski definition) is 3. The molecule has 0 aliphatic rings. The van der Waals surface area contributed by atoms with Gasteiger partial charge in [-0.3, -0.25) is 4.57 Å². The Balaban J connectivity index is 1.15. The standard InChI is InChI=1S/C47H29N5/c1-3-13-30(14-4-1)45-48-46(31-15-5-2-6-16-31)50-47(49-45)52-42-22-12-10-20-38(42)40-27-35-25-36(24-23-34(35)29-44(40)52)51-41-21-11-9-19-37(41)39-26-32-17-7-8-18-33(32)28-43(39)51/h1-29H. The molecule has 5 heteroatoms. The van der Waals surface area contributed by atoms with Crippen molar-refractivity contribution in [1.29, 1.82) is 0 Å². The van der Waals surface area contributed by atoms with Crippen molar-refractivity contribution in [2.45, 2.75) is 0 Å². The van der Waals surface area contributed by atoms with Crippen LogP contribution in [0.5, 0.6) is 0 Å². The Labute approximate surface area is 298 Å². The molecule has 0 unspecified atom stereocenters. The first-order chi connectivity index (χ1) is 25.8. The van der Waals surface area contributed by atoms with E-state index >= 15 is 0 Å². The highest BCUT2D eigenvalue weighted by Gasteiger charge is 2.19. The van der Waals surface area contributed by atoms with Crippen molar-refractivity contribution in [3.05, 3.63) is 176 Å². The van der Waals surface area contributed by atoms with Crippen molar-refractivity contribution < 1.29 is 0 Å². The number of nitrogens with zero attached hydrogens (tertiary/aromatic N) is 5. The maximum absolute atomic E-state index is 5.12. The quantitative estimate of drug-likeness (QED) is 0.188. The summed E-state index contributed by atoms with van der Waals surface area (Å²) in [6.45, 7) is 0. The number of benzene rings is 8. The molecule has 0 spiro atoms. The summed E-state index contributed by atoms with van der Waals surface area (Å²) >= 11 is 0. The van der Waals surface area contributed by atoms with Gasteiger partial charge in [0.2, 0.25) is 5.95 Å². The van der Waals surface area contributed by atoms with E-state index in [1.807, 2.05) is 60.7 Å². The van der Waals surface area contributed by atoms with Crippen LogP contribution < -0.4 is 0 Å². The lowest BCUT2D eigenvalue weighted by Crippen LogP contribution is -2.06. The summed E-state index contributed by atoms with van der Waals surface area (Å²) in [5.74, 6) is 1.87. The van der Waals surface area contributed by atoms with Crippen LogP contribution in [0.25, 0.3) is 99.6 Å². The molecule has 11 rings (SSSR count). The molecule has 3 heterocycles. The van der Waals surface area contributed by atoms with E-state index in [4.69, 9.17) is 15.0 Å². The lowest BCUT2D eigenvalue weighted by atomic mass is 10.0. The first kappa shape index (κ1) is 28.7. The Bertz CT molecular complexity index is 3120. The number of aromatic nitrogens is 5. The number of para-hydroxylation sites is 2. The maximum Gasteiger partial charge on any atom is 0.238 e. The Morgan fingerprint density at radius 3 is 1.42 bits per heavy atom. The average molecular weight is 664 g/mol. The van der Waals surface area contributed by atoms with E-state index in [2.05, 4.69) is 124 Å². The van der Waals surface area contributed by atoms with Crippen LogP contribution in [-0.4, -0.2) is 24.1 Å².